The Kier molecular flexibility index (Phi) is 3.78. The van der Waals surface area contributed by atoms with Gasteiger partial charge in [-0.05, 0) is 18.2 Å². The summed E-state index contributed by atoms with van der Waals surface area (Å²) in [4.78, 5) is 7.85. The maximum Gasteiger partial charge on any atom is 0.417 e. The minimum atomic E-state index is -4.41. The summed E-state index contributed by atoms with van der Waals surface area (Å²) < 4.78 is 47.5. The Balaban J connectivity index is 2.41. The number of nitrogens with zero attached hydrogens (tertiary/aromatic N) is 2. The van der Waals surface area contributed by atoms with Crippen molar-refractivity contribution in [1.82, 2.24) is 9.97 Å². The number of ether oxygens (including phenoxy) is 2. The number of aromatic nitrogens is 2. The van der Waals surface area contributed by atoms with Crippen LogP contribution in [0.5, 0.6) is 11.8 Å². The van der Waals surface area contributed by atoms with E-state index in [1.807, 2.05) is 0 Å². The molecule has 2 aromatic rings. The Hall–Kier alpha value is -2.31. The van der Waals surface area contributed by atoms with Crippen molar-refractivity contribution in [2.75, 3.05) is 14.2 Å². The average Bonchev–Trinajstić information content (AvgIpc) is 2.45. The Morgan fingerprint density at radius 2 is 1.75 bits per heavy atom. The summed E-state index contributed by atoms with van der Waals surface area (Å²) in [7, 11) is 2.87. The highest BCUT2D eigenvalue weighted by Crippen LogP contribution is 2.32. The van der Waals surface area contributed by atoms with Crippen LogP contribution in [0.3, 0.4) is 0 Å². The van der Waals surface area contributed by atoms with Gasteiger partial charge in [-0.2, -0.15) is 18.2 Å². The Morgan fingerprint density at radius 1 is 1.00 bits per heavy atom. The minimum Gasteiger partial charge on any atom is -0.481 e. The molecule has 0 aliphatic carbocycles. The van der Waals surface area contributed by atoms with Crippen LogP contribution >= 0.6 is 0 Å². The fraction of sp³-hybridized carbons (Fsp3) is 0.231. The molecule has 0 saturated heterocycles. The molecule has 0 aliphatic heterocycles. The number of halogens is 3. The van der Waals surface area contributed by atoms with Crippen molar-refractivity contribution in [2.24, 2.45) is 0 Å². The van der Waals surface area contributed by atoms with Crippen LogP contribution < -0.4 is 9.47 Å². The smallest absolute Gasteiger partial charge is 0.417 e. The number of methoxy groups -OCH3 is 2. The summed E-state index contributed by atoms with van der Waals surface area (Å²) in [6.45, 7) is 0. The van der Waals surface area contributed by atoms with Gasteiger partial charge in [0.1, 0.15) is 0 Å². The van der Waals surface area contributed by atoms with E-state index < -0.39 is 11.7 Å². The van der Waals surface area contributed by atoms with Gasteiger partial charge >= 0.3 is 6.18 Å². The van der Waals surface area contributed by atoms with Crippen molar-refractivity contribution in [2.45, 2.75) is 6.18 Å². The summed E-state index contributed by atoms with van der Waals surface area (Å²) >= 11 is 0. The molecular formula is C13H11F3N2O2. The van der Waals surface area contributed by atoms with Crippen LogP contribution in [0.4, 0.5) is 13.2 Å². The molecule has 2 heterocycles. The number of rotatable bonds is 3. The fourth-order valence-corrected chi connectivity index (χ4v) is 1.61. The number of pyridine rings is 2. The molecule has 0 N–H and O–H groups in total. The topological polar surface area (TPSA) is 44.2 Å². The lowest BCUT2D eigenvalue weighted by atomic mass is 10.1. The van der Waals surface area contributed by atoms with Gasteiger partial charge in [0.2, 0.25) is 11.8 Å². The maximum atomic E-state index is 12.5. The van der Waals surface area contributed by atoms with E-state index in [9.17, 15) is 13.2 Å². The Morgan fingerprint density at radius 3 is 2.25 bits per heavy atom. The molecule has 0 radical (unpaired) electrons. The number of hydrogen-bond acceptors (Lipinski definition) is 4. The largest absolute Gasteiger partial charge is 0.481 e. The van der Waals surface area contributed by atoms with Gasteiger partial charge in [-0.25, -0.2) is 0 Å². The molecule has 7 heteroatoms. The number of hydrogen-bond donors (Lipinski definition) is 0. The van der Waals surface area contributed by atoms with Crippen LogP contribution in [0.1, 0.15) is 5.56 Å². The molecule has 2 rings (SSSR count). The van der Waals surface area contributed by atoms with Crippen LogP contribution in [0.2, 0.25) is 0 Å². The maximum absolute atomic E-state index is 12.5. The fourth-order valence-electron chi connectivity index (χ4n) is 1.61. The summed E-state index contributed by atoms with van der Waals surface area (Å²) in [6.07, 6.45) is -3.63. The molecule has 2 aromatic heterocycles. The van der Waals surface area contributed by atoms with Gasteiger partial charge in [0, 0.05) is 12.3 Å². The van der Waals surface area contributed by atoms with E-state index in [4.69, 9.17) is 9.47 Å². The van der Waals surface area contributed by atoms with Gasteiger partial charge < -0.3 is 9.47 Å². The summed E-state index contributed by atoms with van der Waals surface area (Å²) in [6, 6.07) is 5.44. The van der Waals surface area contributed by atoms with Crippen molar-refractivity contribution >= 4 is 0 Å². The standard InChI is InChI=1S/C13H11F3N2O2/c1-19-11-6-4-9(12(18-11)20-2)10-5-3-8(7-17-10)13(14,15)16/h3-7H,1-2H3. The van der Waals surface area contributed by atoms with E-state index in [2.05, 4.69) is 9.97 Å². The molecule has 0 unspecified atom stereocenters. The van der Waals surface area contributed by atoms with Gasteiger partial charge in [0.15, 0.2) is 0 Å². The highest BCUT2D eigenvalue weighted by molar-refractivity contribution is 5.65. The molecule has 0 spiro atoms. The van der Waals surface area contributed by atoms with Crippen LogP contribution in [-0.4, -0.2) is 24.2 Å². The highest BCUT2D eigenvalue weighted by atomic mass is 19.4. The number of alkyl halides is 3. The zero-order chi connectivity index (χ0) is 14.8. The first-order chi connectivity index (χ1) is 9.45. The van der Waals surface area contributed by atoms with Gasteiger partial charge in [-0.3, -0.25) is 4.98 Å². The lowest BCUT2D eigenvalue weighted by Gasteiger charge is -2.10. The second-order valence-electron chi connectivity index (χ2n) is 3.84. The second-order valence-corrected chi connectivity index (χ2v) is 3.84. The van der Waals surface area contributed by atoms with Gasteiger partial charge in [0.05, 0.1) is 31.0 Å². The van der Waals surface area contributed by atoms with Crippen molar-refractivity contribution in [3.63, 3.8) is 0 Å². The molecule has 0 fully saturated rings. The van der Waals surface area contributed by atoms with Crippen LogP contribution in [-0.2, 0) is 6.18 Å². The molecule has 0 aromatic carbocycles. The molecule has 0 saturated carbocycles. The molecule has 0 aliphatic rings. The zero-order valence-corrected chi connectivity index (χ0v) is 10.7. The molecule has 106 valence electrons. The SMILES string of the molecule is COc1ccc(-c2ccc(C(F)(F)F)cn2)c(OC)n1. The van der Waals surface area contributed by atoms with E-state index >= 15 is 0 Å². The monoisotopic (exact) mass is 284 g/mol. The van der Waals surface area contributed by atoms with E-state index in [-0.39, 0.29) is 5.88 Å². The van der Waals surface area contributed by atoms with Crippen LogP contribution in [0.15, 0.2) is 30.5 Å². The predicted octanol–water partition coefficient (Wildman–Crippen LogP) is 3.18. The third-order valence-corrected chi connectivity index (χ3v) is 2.60. The molecule has 0 amide bonds. The molecule has 20 heavy (non-hydrogen) atoms. The summed E-state index contributed by atoms with van der Waals surface area (Å²) in [5.41, 5.74) is 0.0220. The predicted molar refractivity (Wildman–Crippen MR) is 65.6 cm³/mol. The summed E-state index contributed by atoms with van der Waals surface area (Å²) in [5, 5.41) is 0. The van der Waals surface area contributed by atoms with Gasteiger partial charge in [-0.1, -0.05) is 0 Å². The lowest BCUT2D eigenvalue weighted by Crippen LogP contribution is -2.05. The minimum absolute atomic E-state index is 0.233. The van der Waals surface area contributed by atoms with E-state index in [1.165, 1.54) is 20.3 Å². The normalized spacial score (nSPS) is 11.2. The van der Waals surface area contributed by atoms with Gasteiger partial charge in [-0.15, -0.1) is 0 Å². The van der Waals surface area contributed by atoms with E-state index in [1.54, 1.807) is 12.1 Å². The first kappa shape index (κ1) is 14.1. The highest BCUT2D eigenvalue weighted by Gasteiger charge is 2.30. The first-order valence-electron chi connectivity index (χ1n) is 5.58. The van der Waals surface area contributed by atoms with Crippen LogP contribution in [0.25, 0.3) is 11.3 Å². The lowest BCUT2D eigenvalue weighted by molar-refractivity contribution is -0.137. The van der Waals surface area contributed by atoms with Crippen molar-refractivity contribution in [3.8, 4) is 23.0 Å². The molecule has 0 atom stereocenters. The summed E-state index contributed by atoms with van der Waals surface area (Å²) in [5.74, 6) is 0.578. The molecule has 4 nitrogen and oxygen atoms in total. The third-order valence-electron chi connectivity index (χ3n) is 2.60. The van der Waals surface area contributed by atoms with E-state index in [0.717, 1.165) is 12.3 Å². The molecular weight excluding hydrogens is 273 g/mol. The quantitative estimate of drug-likeness (QED) is 0.868. The average molecular weight is 284 g/mol. The van der Waals surface area contributed by atoms with Crippen molar-refractivity contribution in [1.29, 1.82) is 0 Å². The van der Waals surface area contributed by atoms with Gasteiger partial charge in [0.25, 0.3) is 0 Å². The van der Waals surface area contributed by atoms with Crippen LogP contribution in [0, 0.1) is 0 Å². The molecule has 0 bridgehead atoms. The Labute approximate surface area is 113 Å². The zero-order valence-electron chi connectivity index (χ0n) is 10.7. The Bertz CT molecular complexity index is 598. The second kappa shape index (κ2) is 5.36. The first-order valence-corrected chi connectivity index (χ1v) is 5.58. The van der Waals surface area contributed by atoms with Crippen molar-refractivity contribution < 1.29 is 22.6 Å². The van der Waals surface area contributed by atoms with Crippen molar-refractivity contribution in [3.05, 3.63) is 36.0 Å². The van der Waals surface area contributed by atoms with E-state index in [0.29, 0.717) is 17.1 Å². The third kappa shape index (κ3) is 2.81.